The molecular weight excluding hydrogens is 282 g/mol. The van der Waals surface area contributed by atoms with Gasteiger partial charge in [0.05, 0.1) is 4.34 Å². The van der Waals surface area contributed by atoms with E-state index in [1.165, 1.54) is 6.07 Å². The van der Waals surface area contributed by atoms with Crippen molar-refractivity contribution in [3.63, 3.8) is 0 Å². The largest absolute Gasteiger partial charge is 0.508 e. The van der Waals surface area contributed by atoms with Gasteiger partial charge in [0.1, 0.15) is 11.5 Å². The number of rotatable bonds is 4. The van der Waals surface area contributed by atoms with Crippen molar-refractivity contribution in [2.75, 3.05) is 0 Å². The van der Waals surface area contributed by atoms with E-state index in [4.69, 9.17) is 11.6 Å². The second kappa shape index (κ2) is 5.82. The molecule has 2 aromatic rings. The number of phenols is 2. The Morgan fingerprint density at radius 1 is 1.11 bits per heavy atom. The van der Waals surface area contributed by atoms with E-state index in [2.05, 4.69) is 12.2 Å². The highest BCUT2D eigenvalue weighted by molar-refractivity contribution is 7.16. The van der Waals surface area contributed by atoms with Crippen molar-refractivity contribution in [1.29, 1.82) is 0 Å². The van der Waals surface area contributed by atoms with Gasteiger partial charge in [-0.25, -0.2) is 0 Å². The molecule has 0 fully saturated rings. The number of benzene rings is 1. The van der Waals surface area contributed by atoms with Gasteiger partial charge in [0.2, 0.25) is 0 Å². The average Bonchev–Trinajstić information content (AvgIpc) is 2.75. The Hall–Kier alpha value is -1.23. The fourth-order valence-corrected chi connectivity index (χ4v) is 3.08. The topological polar surface area (TPSA) is 52.5 Å². The number of halogens is 1. The molecule has 0 saturated carbocycles. The predicted molar refractivity (Wildman–Crippen MR) is 79.1 cm³/mol. The molecule has 3 N–H and O–H groups in total. The number of nitrogens with one attached hydrogen (secondary N) is 1. The fraction of sp³-hybridized carbons (Fsp3) is 0.286. The average molecular weight is 298 g/mol. The van der Waals surface area contributed by atoms with E-state index >= 15 is 0 Å². The van der Waals surface area contributed by atoms with Crippen molar-refractivity contribution in [2.45, 2.75) is 25.9 Å². The molecule has 2 rings (SSSR count). The monoisotopic (exact) mass is 297 g/mol. The lowest BCUT2D eigenvalue weighted by molar-refractivity contribution is 0.428. The maximum Gasteiger partial charge on any atom is 0.124 e. The first-order valence-corrected chi connectivity index (χ1v) is 7.20. The number of aromatic hydroxyl groups is 2. The molecule has 0 radical (unpaired) electrons. The first-order chi connectivity index (χ1) is 8.97. The van der Waals surface area contributed by atoms with Gasteiger partial charge in [-0.05, 0) is 32.0 Å². The van der Waals surface area contributed by atoms with Crippen LogP contribution >= 0.6 is 22.9 Å². The molecule has 5 heteroatoms. The molecule has 3 nitrogen and oxygen atoms in total. The van der Waals surface area contributed by atoms with E-state index < -0.39 is 0 Å². The molecule has 19 heavy (non-hydrogen) atoms. The van der Waals surface area contributed by atoms with Crippen LogP contribution in [0.5, 0.6) is 11.5 Å². The Morgan fingerprint density at radius 3 is 2.42 bits per heavy atom. The fourth-order valence-electron chi connectivity index (χ4n) is 2.01. The molecule has 0 spiro atoms. The predicted octanol–water partition coefficient (Wildman–Crippen LogP) is 4.22. The smallest absolute Gasteiger partial charge is 0.124 e. The van der Waals surface area contributed by atoms with Crippen molar-refractivity contribution in [3.05, 3.63) is 45.1 Å². The van der Waals surface area contributed by atoms with E-state index in [-0.39, 0.29) is 23.6 Å². The summed E-state index contributed by atoms with van der Waals surface area (Å²) in [6.45, 7) is 4.02. The third kappa shape index (κ3) is 3.41. The summed E-state index contributed by atoms with van der Waals surface area (Å²) < 4.78 is 0.767. The van der Waals surface area contributed by atoms with Crippen LogP contribution in [0.2, 0.25) is 4.34 Å². The highest BCUT2D eigenvalue weighted by Gasteiger charge is 2.15. The number of hydrogen-bond donors (Lipinski definition) is 3. The van der Waals surface area contributed by atoms with Gasteiger partial charge in [0.15, 0.2) is 0 Å². The summed E-state index contributed by atoms with van der Waals surface area (Å²) in [5.41, 5.74) is 0.757. The maximum atomic E-state index is 9.83. The van der Waals surface area contributed by atoms with E-state index in [1.54, 1.807) is 23.5 Å². The quantitative estimate of drug-likeness (QED) is 0.792. The molecule has 0 bridgehead atoms. The lowest BCUT2D eigenvalue weighted by Gasteiger charge is -2.20. The van der Waals surface area contributed by atoms with Gasteiger partial charge in [0, 0.05) is 28.6 Å². The molecule has 102 valence electrons. The second-order valence-corrected chi connectivity index (χ2v) is 6.24. The molecule has 2 unspecified atom stereocenters. The van der Waals surface area contributed by atoms with Crippen LogP contribution in [0.15, 0.2) is 30.3 Å². The van der Waals surface area contributed by atoms with Gasteiger partial charge in [-0.15, -0.1) is 11.3 Å². The zero-order valence-corrected chi connectivity index (χ0v) is 12.3. The lowest BCUT2D eigenvalue weighted by atomic mass is 10.1. The molecular formula is C14H16ClNO2S. The summed E-state index contributed by atoms with van der Waals surface area (Å²) in [7, 11) is 0. The highest BCUT2D eigenvalue weighted by atomic mass is 35.5. The SMILES string of the molecule is CC(NC(C)c1ccc(O)cc1O)c1ccc(Cl)s1. The van der Waals surface area contributed by atoms with Gasteiger partial charge in [-0.2, -0.15) is 0 Å². The van der Waals surface area contributed by atoms with Gasteiger partial charge in [-0.3, -0.25) is 0 Å². The van der Waals surface area contributed by atoms with Crippen molar-refractivity contribution < 1.29 is 10.2 Å². The number of phenolic OH excluding ortho intramolecular Hbond substituents is 2. The zero-order chi connectivity index (χ0) is 14.0. The van der Waals surface area contributed by atoms with Crippen LogP contribution in [-0.2, 0) is 0 Å². The van der Waals surface area contributed by atoms with E-state index in [1.807, 2.05) is 19.1 Å². The molecule has 1 heterocycles. The molecule has 0 aliphatic heterocycles. The second-order valence-electron chi connectivity index (χ2n) is 4.50. The molecule has 1 aromatic heterocycles. The van der Waals surface area contributed by atoms with Gasteiger partial charge >= 0.3 is 0 Å². The molecule has 0 aliphatic carbocycles. The van der Waals surface area contributed by atoms with Gasteiger partial charge in [0.25, 0.3) is 0 Å². The Balaban J connectivity index is 2.10. The maximum absolute atomic E-state index is 9.83. The Bertz CT molecular complexity index is 570. The summed E-state index contributed by atoms with van der Waals surface area (Å²) in [5.74, 6) is 0.156. The Morgan fingerprint density at radius 2 is 1.84 bits per heavy atom. The molecule has 0 amide bonds. The third-order valence-corrected chi connectivity index (χ3v) is 4.42. The minimum Gasteiger partial charge on any atom is -0.508 e. The summed E-state index contributed by atoms with van der Waals surface area (Å²) in [5, 5.41) is 22.5. The van der Waals surface area contributed by atoms with Crippen LogP contribution in [0.25, 0.3) is 0 Å². The minimum absolute atomic E-state index is 0.0310. The van der Waals surface area contributed by atoms with Crippen molar-refractivity contribution in [3.8, 4) is 11.5 Å². The summed E-state index contributed by atoms with van der Waals surface area (Å²) in [4.78, 5) is 1.15. The first-order valence-electron chi connectivity index (χ1n) is 6.00. The molecule has 0 aliphatic rings. The van der Waals surface area contributed by atoms with Crippen molar-refractivity contribution >= 4 is 22.9 Å². The lowest BCUT2D eigenvalue weighted by Crippen LogP contribution is -2.21. The molecule has 0 saturated heterocycles. The Kier molecular flexibility index (Phi) is 4.34. The minimum atomic E-state index is -0.0310. The van der Waals surface area contributed by atoms with Crippen LogP contribution in [0, 0.1) is 0 Å². The van der Waals surface area contributed by atoms with Crippen LogP contribution in [0.4, 0.5) is 0 Å². The summed E-state index contributed by atoms with van der Waals surface area (Å²) in [6, 6.07) is 8.62. The normalized spacial score (nSPS) is 14.3. The highest BCUT2D eigenvalue weighted by Crippen LogP contribution is 2.31. The number of hydrogen-bond acceptors (Lipinski definition) is 4. The van der Waals surface area contributed by atoms with Crippen molar-refractivity contribution in [2.24, 2.45) is 0 Å². The van der Waals surface area contributed by atoms with Crippen LogP contribution in [0.3, 0.4) is 0 Å². The first kappa shape index (κ1) is 14.2. The van der Waals surface area contributed by atoms with E-state index in [9.17, 15) is 10.2 Å². The van der Waals surface area contributed by atoms with Crippen LogP contribution in [0.1, 0.15) is 36.4 Å². The van der Waals surface area contributed by atoms with Crippen LogP contribution < -0.4 is 5.32 Å². The molecule has 2 atom stereocenters. The zero-order valence-electron chi connectivity index (χ0n) is 10.7. The van der Waals surface area contributed by atoms with Crippen molar-refractivity contribution in [1.82, 2.24) is 5.32 Å². The number of thiophene rings is 1. The summed E-state index contributed by atoms with van der Waals surface area (Å²) in [6.07, 6.45) is 0. The standard InChI is InChI=1S/C14H16ClNO2S/c1-8(11-4-3-10(17)7-12(11)18)16-9(2)13-5-6-14(15)19-13/h3-9,16-18H,1-2H3. The third-order valence-electron chi connectivity index (χ3n) is 3.00. The van der Waals surface area contributed by atoms with Gasteiger partial charge < -0.3 is 15.5 Å². The Labute approximate surface area is 121 Å². The van der Waals surface area contributed by atoms with Gasteiger partial charge in [-0.1, -0.05) is 17.7 Å². The summed E-state index contributed by atoms with van der Waals surface area (Å²) >= 11 is 7.46. The molecule has 1 aromatic carbocycles. The van der Waals surface area contributed by atoms with E-state index in [0.29, 0.717) is 0 Å². The van der Waals surface area contributed by atoms with Crippen LogP contribution in [-0.4, -0.2) is 10.2 Å². The van der Waals surface area contributed by atoms with E-state index in [0.717, 1.165) is 14.8 Å².